The van der Waals surface area contributed by atoms with Gasteiger partial charge >= 0.3 is 0 Å². The zero-order chi connectivity index (χ0) is 21.6. The fourth-order valence-corrected chi connectivity index (χ4v) is 4.14. The Bertz CT molecular complexity index is 1140. The number of carbonyl (C=O) groups excluding carboxylic acids is 1. The first-order chi connectivity index (χ1) is 15.1. The van der Waals surface area contributed by atoms with Crippen LogP contribution in [0.15, 0.2) is 82.6 Å². The molecule has 0 aliphatic rings. The van der Waals surface area contributed by atoms with Gasteiger partial charge in [0.2, 0.25) is 11.7 Å². The Hall–Kier alpha value is -3.32. The molecule has 0 aliphatic heterocycles. The molecule has 6 nitrogen and oxygen atoms in total. The van der Waals surface area contributed by atoms with Gasteiger partial charge in [0.25, 0.3) is 0 Å². The van der Waals surface area contributed by atoms with Crippen LogP contribution in [0, 0.1) is 6.92 Å². The minimum Gasteiger partial charge on any atom is -0.461 e. The number of aromatic nitrogens is 3. The van der Waals surface area contributed by atoms with Gasteiger partial charge in [-0.25, -0.2) is 0 Å². The minimum atomic E-state index is 0.0436. The summed E-state index contributed by atoms with van der Waals surface area (Å²) in [6.07, 6.45) is 1.62. The minimum absolute atomic E-state index is 0.0436. The van der Waals surface area contributed by atoms with Crippen molar-refractivity contribution in [1.82, 2.24) is 19.7 Å². The van der Waals surface area contributed by atoms with Crippen LogP contribution < -0.4 is 0 Å². The molecule has 0 spiro atoms. The number of furan rings is 1. The molecule has 7 heteroatoms. The Morgan fingerprint density at radius 3 is 2.55 bits per heavy atom. The fraction of sp³-hybridized carbons (Fsp3) is 0.208. The number of benzene rings is 2. The summed E-state index contributed by atoms with van der Waals surface area (Å²) in [5.41, 5.74) is 3.45. The van der Waals surface area contributed by atoms with Crippen molar-refractivity contribution in [3.05, 3.63) is 89.7 Å². The second kappa shape index (κ2) is 9.66. The highest BCUT2D eigenvalue weighted by Crippen LogP contribution is 2.26. The molecule has 2 heterocycles. The average Bonchev–Trinajstić information content (AvgIpc) is 3.44. The topological polar surface area (TPSA) is 64.2 Å². The third-order valence-electron chi connectivity index (χ3n) is 5.06. The van der Waals surface area contributed by atoms with Crippen molar-refractivity contribution < 1.29 is 9.21 Å². The summed E-state index contributed by atoms with van der Waals surface area (Å²) in [7, 11) is 1.83. The molecule has 31 heavy (non-hydrogen) atoms. The number of hydrogen-bond acceptors (Lipinski definition) is 5. The maximum Gasteiger partial charge on any atom is 0.233 e. The smallest absolute Gasteiger partial charge is 0.233 e. The van der Waals surface area contributed by atoms with E-state index >= 15 is 0 Å². The highest BCUT2D eigenvalue weighted by Gasteiger charge is 2.19. The predicted octanol–water partition coefficient (Wildman–Crippen LogP) is 4.65. The molecule has 2 aromatic carbocycles. The number of aryl methyl sites for hydroxylation is 1. The second-order valence-electron chi connectivity index (χ2n) is 7.32. The molecule has 4 rings (SSSR count). The summed E-state index contributed by atoms with van der Waals surface area (Å²) in [6, 6.07) is 21.9. The third kappa shape index (κ3) is 5.06. The molecule has 0 aliphatic carbocycles. The molecule has 0 unspecified atom stereocenters. The van der Waals surface area contributed by atoms with Crippen LogP contribution in [0.1, 0.15) is 16.7 Å². The SMILES string of the molecule is Cc1ccccc1CN(C)C(=O)CSc1nnc(-c2ccco2)n1Cc1ccccc1. The molecule has 1 amide bonds. The lowest BCUT2D eigenvalue weighted by atomic mass is 10.1. The molecule has 0 N–H and O–H groups in total. The molecular formula is C24H24N4O2S. The highest BCUT2D eigenvalue weighted by atomic mass is 32.2. The molecule has 2 aromatic heterocycles. The van der Waals surface area contributed by atoms with Gasteiger partial charge in [0.15, 0.2) is 10.9 Å². The van der Waals surface area contributed by atoms with Crippen LogP contribution in [0.25, 0.3) is 11.6 Å². The van der Waals surface area contributed by atoms with Gasteiger partial charge in [0.05, 0.1) is 18.6 Å². The van der Waals surface area contributed by atoms with Gasteiger partial charge in [-0.1, -0.05) is 66.4 Å². The first-order valence-corrected chi connectivity index (χ1v) is 11.0. The Morgan fingerprint density at radius 2 is 1.81 bits per heavy atom. The fourth-order valence-electron chi connectivity index (χ4n) is 3.26. The maximum absolute atomic E-state index is 12.8. The Kier molecular flexibility index (Phi) is 6.52. The summed E-state index contributed by atoms with van der Waals surface area (Å²) in [4.78, 5) is 14.5. The standard InChI is InChI=1S/C24H24N4O2S/c1-18-9-6-7-12-20(18)16-27(2)22(29)17-31-24-26-25-23(21-13-8-14-30-21)28(24)15-19-10-4-3-5-11-19/h3-14H,15-17H2,1-2H3. The van der Waals surface area contributed by atoms with Gasteiger partial charge in [0, 0.05) is 13.6 Å². The number of rotatable bonds is 8. The number of thioether (sulfide) groups is 1. The molecule has 0 radical (unpaired) electrons. The normalized spacial score (nSPS) is 10.9. The average molecular weight is 433 g/mol. The van der Waals surface area contributed by atoms with E-state index in [2.05, 4.69) is 41.4 Å². The van der Waals surface area contributed by atoms with Gasteiger partial charge < -0.3 is 9.32 Å². The molecule has 158 valence electrons. The summed E-state index contributed by atoms with van der Waals surface area (Å²) in [5.74, 6) is 1.63. The lowest BCUT2D eigenvalue weighted by molar-refractivity contribution is -0.127. The predicted molar refractivity (Wildman–Crippen MR) is 122 cm³/mol. The van der Waals surface area contributed by atoms with Crippen molar-refractivity contribution in [3.63, 3.8) is 0 Å². The molecule has 0 atom stereocenters. The summed E-state index contributed by atoms with van der Waals surface area (Å²) < 4.78 is 7.54. The van der Waals surface area contributed by atoms with Crippen LogP contribution in [0.2, 0.25) is 0 Å². The quantitative estimate of drug-likeness (QED) is 0.379. The van der Waals surface area contributed by atoms with Crippen LogP contribution in [-0.4, -0.2) is 38.4 Å². The first kappa shape index (κ1) is 20.9. The van der Waals surface area contributed by atoms with Crippen LogP contribution in [0.3, 0.4) is 0 Å². The van der Waals surface area contributed by atoms with Crippen molar-refractivity contribution in [2.45, 2.75) is 25.2 Å². The monoisotopic (exact) mass is 432 g/mol. The second-order valence-corrected chi connectivity index (χ2v) is 8.26. The largest absolute Gasteiger partial charge is 0.461 e. The Labute approximate surface area is 185 Å². The van der Waals surface area contributed by atoms with E-state index in [-0.39, 0.29) is 11.7 Å². The lowest BCUT2D eigenvalue weighted by Crippen LogP contribution is -2.28. The van der Waals surface area contributed by atoms with Crippen LogP contribution in [0.4, 0.5) is 0 Å². The van der Waals surface area contributed by atoms with E-state index in [1.807, 2.05) is 54.1 Å². The molecular weight excluding hydrogens is 408 g/mol. The number of amides is 1. The molecule has 0 bridgehead atoms. The van der Waals surface area contributed by atoms with E-state index in [4.69, 9.17) is 4.42 Å². The number of nitrogens with zero attached hydrogens (tertiary/aromatic N) is 4. The van der Waals surface area contributed by atoms with Gasteiger partial charge in [-0.2, -0.15) is 0 Å². The molecule has 0 fully saturated rings. The zero-order valence-corrected chi connectivity index (χ0v) is 18.4. The van der Waals surface area contributed by atoms with E-state index in [1.165, 1.54) is 17.3 Å². The van der Waals surface area contributed by atoms with E-state index in [0.29, 0.717) is 29.8 Å². The summed E-state index contributed by atoms with van der Waals surface area (Å²) in [5, 5.41) is 9.36. The number of carbonyl (C=O) groups is 1. The van der Waals surface area contributed by atoms with Gasteiger partial charge in [0.1, 0.15) is 0 Å². The van der Waals surface area contributed by atoms with Gasteiger partial charge in [-0.15, -0.1) is 10.2 Å². The van der Waals surface area contributed by atoms with E-state index in [9.17, 15) is 4.79 Å². The van der Waals surface area contributed by atoms with Gasteiger partial charge in [-0.3, -0.25) is 9.36 Å². The van der Waals surface area contributed by atoms with Crippen molar-refractivity contribution >= 4 is 17.7 Å². The van der Waals surface area contributed by atoms with E-state index < -0.39 is 0 Å². The van der Waals surface area contributed by atoms with Crippen LogP contribution in [-0.2, 0) is 17.9 Å². The molecule has 4 aromatic rings. The lowest BCUT2D eigenvalue weighted by Gasteiger charge is -2.18. The van der Waals surface area contributed by atoms with Crippen molar-refractivity contribution in [2.75, 3.05) is 12.8 Å². The Balaban J connectivity index is 1.49. The van der Waals surface area contributed by atoms with Gasteiger partial charge in [-0.05, 0) is 35.7 Å². The maximum atomic E-state index is 12.8. The molecule has 0 saturated carbocycles. The Morgan fingerprint density at radius 1 is 1.03 bits per heavy atom. The first-order valence-electron chi connectivity index (χ1n) is 10.0. The van der Waals surface area contributed by atoms with Crippen LogP contribution in [0.5, 0.6) is 0 Å². The summed E-state index contributed by atoms with van der Waals surface area (Å²) in [6.45, 7) is 3.24. The van der Waals surface area contributed by atoms with E-state index in [1.54, 1.807) is 11.2 Å². The van der Waals surface area contributed by atoms with E-state index in [0.717, 1.165) is 11.1 Å². The van der Waals surface area contributed by atoms with Crippen LogP contribution >= 0.6 is 11.8 Å². The third-order valence-corrected chi connectivity index (χ3v) is 6.01. The zero-order valence-electron chi connectivity index (χ0n) is 17.6. The highest BCUT2D eigenvalue weighted by molar-refractivity contribution is 7.99. The van der Waals surface area contributed by atoms with Crippen molar-refractivity contribution in [3.8, 4) is 11.6 Å². The van der Waals surface area contributed by atoms with Crippen molar-refractivity contribution in [1.29, 1.82) is 0 Å². The number of hydrogen-bond donors (Lipinski definition) is 0. The van der Waals surface area contributed by atoms with Crippen molar-refractivity contribution in [2.24, 2.45) is 0 Å². The summed E-state index contributed by atoms with van der Waals surface area (Å²) >= 11 is 1.39. The molecule has 0 saturated heterocycles.